The average molecular weight is 341 g/mol. The lowest BCUT2D eigenvalue weighted by molar-refractivity contribution is 0.172. The van der Waals surface area contributed by atoms with Crippen LogP contribution in [0.3, 0.4) is 0 Å². The zero-order chi connectivity index (χ0) is 16.6. The summed E-state index contributed by atoms with van der Waals surface area (Å²) in [5.41, 5.74) is 4.02. The smallest absolute Gasteiger partial charge is 0.163 e. The van der Waals surface area contributed by atoms with Gasteiger partial charge in [-0.25, -0.2) is 0 Å². The van der Waals surface area contributed by atoms with Gasteiger partial charge in [-0.05, 0) is 63.5 Å². The molecule has 0 radical (unpaired) electrons. The van der Waals surface area contributed by atoms with Gasteiger partial charge in [0.25, 0.3) is 0 Å². The first-order chi connectivity index (χ1) is 12.4. The van der Waals surface area contributed by atoms with Gasteiger partial charge in [-0.15, -0.1) is 0 Å². The van der Waals surface area contributed by atoms with Gasteiger partial charge in [-0.3, -0.25) is 0 Å². The van der Waals surface area contributed by atoms with Gasteiger partial charge in [0.2, 0.25) is 0 Å². The molecular formula is C20H27N3O2. The highest BCUT2D eigenvalue weighted by Crippen LogP contribution is 2.39. The Balaban J connectivity index is 1.41. The number of benzene rings is 1. The summed E-state index contributed by atoms with van der Waals surface area (Å²) in [6.07, 6.45) is 6.38. The molecule has 1 atom stereocenters. The Bertz CT molecular complexity index is 764. The molecule has 3 aliphatic heterocycles. The second-order valence-corrected chi connectivity index (χ2v) is 7.51. The standard InChI is InChI=1S/C20H27N3O2/c1-2-7-23(8-3-1)9-5-16-20-14(4-6-21-16)15-12-18-19(13-17(15)22-20)25-11-10-24-18/h12-13,16,21-22H,1-11H2/t16-/m0/s1. The maximum Gasteiger partial charge on any atom is 0.163 e. The molecule has 2 N–H and O–H groups in total. The summed E-state index contributed by atoms with van der Waals surface area (Å²) < 4.78 is 11.5. The lowest BCUT2D eigenvalue weighted by atomic mass is 9.97. The van der Waals surface area contributed by atoms with E-state index < -0.39 is 0 Å². The second kappa shape index (κ2) is 6.54. The van der Waals surface area contributed by atoms with E-state index in [0.29, 0.717) is 19.3 Å². The molecule has 1 aromatic carbocycles. The van der Waals surface area contributed by atoms with Crippen molar-refractivity contribution in [2.45, 2.75) is 38.1 Å². The van der Waals surface area contributed by atoms with Crippen molar-refractivity contribution in [3.05, 3.63) is 23.4 Å². The van der Waals surface area contributed by atoms with Crippen LogP contribution in [0.1, 0.15) is 43.0 Å². The van der Waals surface area contributed by atoms with E-state index in [1.54, 1.807) is 0 Å². The van der Waals surface area contributed by atoms with E-state index in [0.717, 1.165) is 24.5 Å². The van der Waals surface area contributed by atoms with E-state index in [-0.39, 0.29) is 0 Å². The fraction of sp³-hybridized carbons (Fsp3) is 0.600. The van der Waals surface area contributed by atoms with Crippen molar-refractivity contribution in [3.63, 3.8) is 0 Å². The first kappa shape index (κ1) is 15.5. The first-order valence-electron chi connectivity index (χ1n) is 9.78. The molecule has 3 aliphatic rings. The summed E-state index contributed by atoms with van der Waals surface area (Å²) in [7, 11) is 0. The lowest BCUT2D eigenvalue weighted by Gasteiger charge is -2.30. The number of hydrogen-bond acceptors (Lipinski definition) is 4. The van der Waals surface area contributed by atoms with Crippen LogP contribution in [-0.4, -0.2) is 49.3 Å². The Kier molecular flexibility index (Phi) is 4.06. The second-order valence-electron chi connectivity index (χ2n) is 7.51. The van der Waals surface area contributed by atoms with Gasteiger partial charge in [-0.2, -0.15) is 0 Å². The fourth-order valence-corrected chi connectivity index (χ4v) is 4.59. The Morgan fingerprint density at radius 2 is 1.84 bits per heavy atom. The molecule has 1 saturated heterocycles. The quantitative estimate of drug-likeness (QED) is 0.901. The average Bonchev–Trinajstić information content (AvgIpc) is 3.03. The van der Waals surface area contributed by atoms with Crippen molar-refractivity contribution < 1.29 is 9.47 Å². The van der Waals surface area contributed by atoms with Crippen LogP contribution in [0.15, 0.2) is 12.1 Å². The molecule has 134 valence electrons. The van der Waals surface area contributed by atoms with Gasteiger partial charge in [-0.1, -0.05) is 6.42 Å². The minimum Gasteiger partial charge on any atom is -0.486 e. The molecule has 0 unspecified atom stereocenters. The predicted octanol–water partition coefficient (Wildman–Crippen LogP) is 3.00. The molecule has 0 spiro atoms. The van der Waals surface area contributed by atoms with E-state index in [1.807, 2.05) is 0 Å². The maximum absolute atomic E-state index is 5.78. The maximum atomic E-state index is 5.78. The summed E-state index contributed by atoms with van der Waals surface area (Å²) in [6.45, 7) is 6.07. The number of nitrogens with zero attached hydrogens (tertiary/aromatic N) is 1. The summed E-state index contributed by atoms with van der Waals surface area (Å²) in [6, 6.07) is 4.72. The summed E-state index contributed by atoms with van der Waals surface area (Å²) >= 11 is 0. The molecular weight excluding hydrogens is 314 g/mol. The highest BCUT2D eigenvalue weighted by atomic mass is 16.6. The topological polar surface area (TPSA) is 49.5 Å². The van der Waals surface area contributed by atoms with Crippen molar-refractivity contribution in [1.29, 1.82) is 0 Å². The number of hydrogen-bond donors (Lipinski definition) is 2. The number of aromatic nitrogens is 1. The third-order valence-corrected chi connectivity index (χ3v) is 5.90. The molecule has 25 heavy (non-hydrogen) atoms. The molecule has 5 nitrogen and oxygen atoms in total. The molecule has 0 saturated carbocycles. The predicted molar refractivity (Wildman–Crippen MR) is 98.6 cm³/mol. The van der Waals surface area contributed by atoms with E-state index in [9.17, 15) is 0 Å². The van der Waals surface area contributed by atoms with Crippen LogP contribution in [0, 0.1) is 0 Å². The number of aromatic amines is 1. The summed E-state index contributed by atoms with van der Waals surface area (Å²) in [5, 5.41) is 5.03. The number of piperidine rings is 1. The van der Waals surface area contributed by atoms with Crippen LogP contribution >= 0.6 is 0 Å². The SMILES string of the molecule is c1c2c(cc3c4c([nH]c13)[C@H](CCN1CCCCC1)NCC4)OCCO2. The number of fused-ring (bicyclic) bond motifs is 4. The molecule has 2 aromatic rings. The molecule has 0 aliphatic carbocycles. The van der Waals surface area contributed by atoms with Crippen LogP contribution in [0.2, 0.25) is 0 Å². The van der Waals surface area contributed by atoms with E-state index in [2.05, 4.69) is 27.3 Å². The normalized spacial score (nSPS) is 23.6. The number of rotatable bonds is 3. The zero-order valence-electron chi connectivity index (χ0n) is 14.8. The largest absolute Gasteiger partial charge is 0.486 e. The monoisotopic (exact) mass is 341 g/mol. The lowest BCUT2D eigenvalue weighted by Crippen LogP contribution is -2.35. The number of likely N-dealkylation sites (tertiary alicyclic amines) is 1. The molecule has 0 bridgehead atoms. The first-order valence-corrected chi connectivity index (χ1v) is 9.78. The Labute approximate surface area is 148 Å². The van der Waals surface area contributed by atoms with Gasteiger partial charge in [0, 0.05) is 28.7 Å². The number of H-pyrrole nitrogens is 1. The summed E-state index contributed by atoms with van der Waals surface area (Å²) in [4.78, 5) is 6.31. The number of ether oxygens (including phenoxy) is 2. The molecule has 5 heteroatoms. The van der Waals surface area contributed by atoms with Crippen molar-refractivity contribution in [2.24, 2.45) is 0 Å². The molecule has 4 heterocycles. The Morgan fingerprint density at radius 3 is 2.68 bits per heavy atom. The van der Waals surface area contributed by atoms with E-state index in [4.69, 9.17) is 9.47 Å². The number of nitrogens with one attached hydrogen (secondary N) is 2. The van der Waals surface area contributed by atoms with Crippen molar-refractivity contribution in [1.82, 2.24) is 15.2 Å². The Hall–Kier alpha value is -1.72. The third-order valence-electron chi connectivity index (χ3n) is 5.90. The van der Waals surface area contributed by atoms with Gasteiger partial charge in [0.05, 0.1) is 0 Å². The van der Waals surface area contributed by atoms with Crippen LogP contribution in [0.4, 0.5) is 0 Å². The molecule has 1 fully saturated rings. The van der Waals surface area contributed by atoms with Gasteiger partial charge in [0.15, 0.2) is 11.5 Å². The van der Waals surface area contributed by atoms with Gasteiger partial charge >= 0.3 is 0 Å². The van der Waals surface area contributed by atoms with Crippen LogP contribution < -0.4 is 14.8 Å². The van der Waals surface area contributed by atoms with E-state index >= 15 is 0 Å². The van der Waals surface area contributed by atoms with Crippen LogP contribution in [-0.2, 0) is 6.42 Å². The van der Waals surface area contributed by atoms with E-state index in [1.165, 1.54) is 67.5 Å². The highest BCUT2D eigenvalue weighted by Gasteiger charge is 2.26. The van der Waals surface area contributed by atoms with Crippen molar-refractivity contribution in [3.8, 4) is 11.5 Å². The Morgan fingerprint density at radius 1 is 1.04 bits per heavy atom. The third kappa shape index (κ3) is 2.89. The molecule has 1 aromatic heterocycles. The molecule has 5 rings (SSSR count). The van der Waals surface area contributed by atoms with Crippen molar-refractivity contribution >= 4 is 10.9 Å². The minimum absolute atomic E-state index is 0.428. The van der Waals surface area contributed by atoms with Crippen LogP contribution in [0.5, 0.6) is 11.5 Å². The van der Waals surface area contributed by atoms with Gasteiger partial charge < -0.3 is 24.7 Å². The highest BCUT2D eigenvalue weighted by molar-refractivity contribution is 5.88. The van der Waals surface area contributed by atoms with Crippen molar-refractivity contribution in [2.75, 3.05) is 39.4 Å². The summed E-state index contributed by atoms with van der Waals surface area (Å²) in [5.74, 6) is 1.76. The van der Waals surface area contributed by atoms with Crippen LogP contribution in [0.25, 0.3) is 10.9 Å². The minimum atomic E-state index is 0.428. The fourth-order valence-electron chi connectivity index (χ4n) is 4.59. The van der Waals surface area contributed by atoms with Gasteiger partial charge in [0.1, 0.15) is 13.2 Å². The zero-order valence-corrected chi connectivity index (χ0v) is 14.8. The molecule has 0 amide bonds.